The topological polar surface area (TPSA) is 110 Å². The summed E-state index contributed by atoms with van der Waals surface area (Å²) in [7, 11) is 0. The molecule has 1 aliphatic heterocycles. The molecule has 0 radical (unpaired) electrons. The van der Waals surface area contributed by atoms with Crippen LogP contribution in [0.15, 0.2) is 39.4 Å². The second kappa shape index (κ2) is 12.1. The summed E-state index contributed by atoms with van der Waals surface area (Å²) < 4.78 is 15.1. The SMILES string of the molecule is O=C1C(=O)c2cc(Br)sc2-c2sc(Br)cc21.O=C1c2cc(Br)sc2-c2sc(Br)cc2C12OCCO2.OCCO. The maximum Gasteiger partial charge on any atom is 0.263 e. The third-order valence-electron chi connectivity index (χ3n) is 5.61. The van der Waals surface area contributed by atoms with Crippen LogP contribution in [-0.2, 0) is 15.3 Å². The number of fused-ring (bicyclic) bond motifs is 7. The molecule has 7 rings (SSSR count). The first kappa shape index (κ1) is 30.0. The van der Waals surface area contributed by atoms with E-state index < -0.39 is 17.4 Å². The Morgan fingerprint density at radius 3 is 1.49 bits per heavy atom. The van der Waals surface area contributed by atoms with Crippen LogP contribution in [0.3, 0.4) is 0 Å². The van der Waals surface area contributed by atoms with Gasteiger partial charge in [0.25, 0.3) is 5.79 Å². The van der Waals surface area contributed by atoms with E-state index >= 15 is 0 Å². The average molecular weight is 862 g/mol. The summed E-state index contributed by atoms with van der Waals surface area (Å²) >= 11 is 19.8. The van der Waals surface area contributed by atoms with Gasteiger partial charge in [0.2, 0.25) is 17.3 Å². The minimum Gasteiger partial charge on any atom is -0.394 e. The highest BCUT2D eigenvalue weighted by atomic mass is 79.9. The van der Waals surface area contributed by atoms with Crippen molar-refractivity contribution in [1.82, 2.24) is 0 Å². The number of ether oxygens (including phenoxy) is 2. The van der Waals surface area contributed by atoms with Gasteiger partial charge in [-0.1, -0.05) is 0 Å². The maximum atomic E-state index is 12.8. The number of hydrogen-bond donors (Lipinski definition) is 2. The van der Waals surface area contributed by atoms with Crippen molar-refractivity contribution in [3.8, 4) is 19.5 Å². The molecule has 0 aromatic carbocycles. The fourth-order valence-corrected chi connectivity index (χ4v) is 10.9. The number of hydrogen-bond acceptors (Lipinski definition) is 11. The van der Waals surface area contributed by atoms with E-state index in [9.17, 15) is 14.4 Å². The Morgan fingerprint density at radius 2 is 1.03 bits per heavy atom. The Labute approximate surface area is 271 Å². The predicted octanol–water partition coefficient (Wildman–Crippen LogP) is 7.75. The number of carbonyl (C=O) groups excluding carboxylic acids is 3. The lowest BCUT2D eigenvalue weighted by molar-refractivity contribution is -0.126. The Morgan fingerprint density at radius 1 is 0.641 bits per heavy atom. The lowest BCUT2D eigenvalue weighted by Crippen LogP contribution is -2.39. The molecule has 1 saturated heterocycles. The van der Waals surface area contributed by atoms with E-state index in [2.05, 4.69) is 63.7 Å². The van der Waals surface area contributed by atoms with Crippen LogP contribution >= 0.6 is 109 Å². The highest BCUT2D eigenvalue weighted by molar-refractivity contribution is 9.11. The molecule has 0 unspecified atom stereocenters. The Bertz CT molecular complexity index is 1550. The van der Waals surface area contributed by atoms with E-state index in [-0.39, 0.29) is 19.0 Å². The van der Waals surface area contributed by atoms with Gasteiger partial charge in [0, 0.05) is 22.3 Å². The molecule has 0 saturated carbocycles. The van der Waals surface area contributed by atoms with Gasteiger partial charge in [0.15, 0.2) is 0 Å². The monoisotopic (exact) mass is 858 g/mol. The summed E-state index contributed by atoms with van der Waals surface area (Å²) in [6.07, 6.45) is 0. The highest BCUT2D eigenvalue weighted by Gasteiger charge is 2.53. The minimum atomic E-state index is -1.23. The Kier molecular flexibility index (Phi) is 9.28. The fraction of sp³-hybridized carbons (Fsp3) is 0.208. The van der Waals surface area contributed by atoms with Crippen molar-refractivity contribution in [2.24, 2.45) is 0 Å². The molecule has 4 aromatic rings. The van der Waals surface area contributed by atoms with Crippen molar-refractivity contribution in [1.29, 1.82) is 0 Å². The van der Waals surface area contributed by atoms with Gasteiger partial charge in [0.05, 0.1) is 61.1 Å². The van der Waals surface area contributed by atoms with Gasteiger partial charge in [0.1, 0.15) is 0 Å². The fourth-order valence-electron chi connectivity index (χ4n) is 4.11. The van der Waals surface area contributed by atoms with Crippen molar-refractivity contribution >= 4 is 126 Å². The van der Waals surface area contributed by atoms with Crippen molar-refractivity contribution in [2.45, 2.75) is 5.79 Å². The van der Waals surface area contributed by atoms with Crippen LogP contribution in [0.4, 0.5) is 0 Å². The van der Waals surface area contributed by atoms with Gasteiger partial charge in [-0.2, -0.15) is 0 Å². The van der Waals surface area contributed by atoms with Gasteiger partial charge >= 0.3 is 0 Å². The minimum absolute atomic E-state index is 0.0975. The predicted molar refractivity (Wildman–Crippen MR) is 167 cm³/mol. The van der Waals surface area contributed by atoms with Gasteiger partial charge in [-0.05, 0) is 88.0 Å². The molecule has 2 N–H and O–H groups in total. The van der Waals surface area contributed by atoms with Crippen molar-refractivity contribution < 1.29 is 34.1 Å². The quantitative estimate of drug-likeness (QED) is 0.189. The first-order valence-corrected chi connectivity index (χ1v) is 17.4. The normalized spacial score (nSPS) is 16.1. The molecule has 0 amide bonds. The Balaban J connectivity index is 0.000000141. The Hall–Kier alpha value is -0.430. The molecule has 0 atom stereocenters. The molecule has 7 nitrogen and oxygen atoms in total. The van der Waals surface area contributed by atoms with Crippen molar-refractivity contribution in [3.63, 3.8) is 0 Å². The zero-order chi connectivity index (χ0) is 28.1. The molecule has 2 aliphatic carbocycles. The van der Waals surface area contributed by atoms with Crippen LogP contribution in [-0.4, -0.2) is 54.0 Å². The number of carbonyl (C=O) groups is 3. The van der Waals surface area contributed by atoms with Gasteiger partial charge < -0.3 is 19.7 Å². The first-order valence-electron chi connectivity index (χ1n) is 10.9. The van der Waals surface area contributed by atoms with Crippen molar-refractivity contribution in [3.05, 3.63) is 61.7 Å². The highest BCUT2D eigenvalue weighted by Crippen LogP contribution is 2.54. The lowest BCUT2D eigenvalue weighted by Gasteiger charge is -2.29. The number of aliphatic hydroxyl groups is 2. The molecule has 4 aromatic heterocycles. The molecule has 0 bridgehead atoms. The molecular weight excluding hydrogens is 848 g/mol. The van der Waals surface area contributed by atoms with Crippen LogP contribution in [0.5, 0.6) is 0 Å². The summed E-state index contributed by atoms with van der Waals surface area (Å²) in [5, 5.41) is 15.2. The standard InChI is InChI=1S/C12H6Br2O3S2.C10H2Br2O2S2.C2H6O2/c13-7-3-5-9(18-7)10-6(4-8(14)19-10)12(11(5)15)16-1-2-17-12;11-5-1-3-7(13)8(14)4-2-6(12)16-10(4)9(3)15-5;3-1-2-4/h3-4H,1-2H2;1-2H;3-4H,1-2H2. The van der Waals surface area contributed by atoms with Crippen molar-refractivity contribution in [2.75, 3.05) is 26.4 Å². The van der Waals surface area contributed by atoms with E-state index in [4.69, 9.17) is 19.7 Å². The van der Waals surface area contributed by atoms with E-state index in [1.807, 2.05) is 12.1 Å². The molecule has 39 heavy (non-hydrogen) atoms. The lowest BCUT2D eigenvalue weighted by atomic mass is 9.90. The number of thiophene rings is 4. The van der Waals surface area contributed by atoms with Crippen LogP contribution in [0.1, 0.15) is 36.6 Å². The second-order valence-electron chi connectivity index (χ2n) is 7.92. The summed E-state index contributed by atoms with van der Waals surface area (Å²) in [6, 6.07) is 7.22. The number of ketones is 3. The number of aliphatic hydroxyl groups excluding tert-OH is 2. The molecular formula is C24H14Br4O7S4. The second-order valence-corrected chi connectivity index (χ2v) is 17.6. The summed E-state index contributed by atoms with van der Waals surface area (Å²) in [4.78, 5) is 40.2. The number of Topliss-reactive ketones (excluding diaryl/α,β-unsaturated/α-hetero) is 3. The van der Waals surface area contributed by atoms with Gasteiger partial charge in [-0.25, -0.2) is 0 Å². The molecule has 204 valence electrons. The average Bonchev–Trinajstić information content (AvgIpc) is 3.72. The van der Waals surface area contributed by atoms with Gasteiger partial charge in [-0.15, -0.1) is 45.3 Å². The number of rotatable bonds is 1. The summed E-state index contributed by atoms with van der Waals surface area (Å²) in [6.45, 7) is 0.637. The smallest absolute Gasteiger partial charge is 0.263 e. The van der Waals surface area contributed by atoms with Crippen LogP contribution in [0.2, 0.25) is 0 Å². The zero-order valence-corrected chi connectivity index (χ0v) is 28.8. The van der Waals surface area contributed by atoms with E-state index in [0.29, 0.717) is 29.9 Å². The largest absolute Gasteiger partial charge is 0.394 e. The molecule has 15 heteroatoms. The molecule has 3 aliphatic rings. The number of halogens is 4. The summed E-state index contributed by atoms with van der Waals surface area (Å²) in [5.74, 6) is -2.14. The van der Waals surface area contributed by atoms with E-state index in [1.54, 1.807) is 34.8 Å². The van der Waals surface area contributed by atoms with Crippen LogP contribution < -0.4 is 0 Å². The van der Waals surface area contributed by atoms with E-state index in [1.165, 1.54) is 22.7 Å². The maximum absolute atomic E-state index is 12.8. The van der Waals surface area contributed by atoms with Gasteiger partial charge in [-0.3, -0.25) is 14.4 Å². The van der Waals surface area contributed by atoms with Crippen LogP contribution in [0.25, 0.3) is 19.5 Å². The zero-order valence-electron chi connectivity index (χ0n) is 19.2. The molecule has 1 spiro atoms. The molecule has 1 fully saturated rings. The van der Waals surface area contributed by atoms with E-state index in [0.717, 1.165) is 40.2 Å². The van der Waals surface area contributed by atoms with Crippen LogP contribution in [0, 0.1) is 0 Å². The first-order chi connectivity index (χ1) is 18.6. The summed E-state index contributed by atoms with van der Waals surface area (Å²) in [5.41, 5.74) is 2.54. The third-order valence-corrected chi connectivity index (χ3v) is 12.5. The molecule has 5 heterocycles. The third kappa shape index (κ3) is 5.43.